The van der Waals surface area contributed by atoms with Crippen LogP contribution in [0.3, 0.4) is 0 Å². The number of carbonyl (C=O) groups is 2. The molecule has 1 aromatic rings. The summed E-state index contributed by atoms with van der Waals surface area (Å²) in [7, 11) is 0. The minimum absolute atomic E-state index is 0.129. The van der Waals surface area contributed by atoms with E-state index in [1.165, 1.54) is 36.2 Å². The maximum Gasteiger partial charge on any atom is 0.302 e. The van der Waals surface area contributed by atoms with Crippen LogP contribution < -0.4 is 11.1 Å². The number of nitrogens with two attached hydrogens (primary N) is 1. The van der Waals surface area contributed by atoms with Crippen LogP contribution in [0.1, 0.15) is 18.9 Å². The first kappa shape index (κ1) is 25.4. The largest absolute Gasteiger partial charge is 0.463 e. The number of aliphatic hydroxyl groups is 2. The molecule has 1 unspecified atom stereocenters. The van der Waals surface area contributed by atoms with Crippen LogP contribution in [0.15, 0.2) is 46.1 Å². The average molecular weight is 500 g/mol. The van der Waals surface area contributed by atoms with E-state index in [0.29, 0.717) is 11.3 Å². The zero-order valence-corrected chi connectivity index (χ0v) is 19.2. The first-order valence-corrected chi connectivity index (χ1v) is 11.2. The normalized spacial score (nSPS) is 29.6. The molecule has 0 spiro atoms. The number of nitrogens with one attached hydrogen (secondary N) is 1. The van der Waals surface area contributed by atoms with E-state index in [2.05, 4.69) is 15.4 Å². The smallest absolute Gasteiger partial charge is 0.302 e. The third-order valence-corrected chi connectivity index (χ3v) is 6.24. The molecule has 0 radical (unpaired) electrons. The molecular weight excluding hydrogens is 475 g/mol. The topological polar surface area (TPSA) is 183 Å². The van der Waals surface area contributed by atoms with Gasteiger partial charge in [0.1, 0.15) is 49.2 Å². The summed E-state index contributed by atoms with van der Waals surface area (Å²) < 4.78 is 23.8. The summed E-state index contributed by atoms with van der Waals surface area (Å²) in [6.07, 6.45) is -1.09. The Morgan fingerprint density at radius 2 is 2.14 bits per heavy atom. The van der Waals surface area contributed by atoms with Gasteiger partial charge < -0.3 is 30.7 Å². The standard InChI is InChI=1S/C23H25FN6O6/c1-12(31)35-9-17-19(32)20(33)23(10-25,36-17)18-7-6-16-21(27-11-28-30(16)18)29-22(34)15(26)8-13-2-4-14(24)5-3-13/h2-6,11,15,17-20,32-33H,7-9,26H2,1H3,(H,27,28,29,34)/t15-,17+,18?,19+,20+,23-/m0/s1. The lowest BCUT2D eigenvalue weighted by molar-refractivity contribution is -0.149. The number of aliphatic hydroxyl groups excluding tert-OH is 2. The van der Waals surface area contributed by atoms with Gasteiger partial charge in [-0.25, -0.2) is 9.38 Å². The monoisotopic (exact) mass is 500 g/mol. The minimum atomic E-state index is -1.91. The first-order chi connectivity index (χ1) is 17.2. The maximum atomic E-state index is 13.1. The second-order valence-electron chi connectivity index (χ2n) is 8.62. The van der Waals surface area contributed by atoms with E-state index in [9.17, 15) is 29.5 Å². The molecule has 0 saturated carbocycles. The number of hydrogen-bond donors (Lipinski definition) is 4. The number of aliphatic imine (C=N–C) groups is 1. The molecule has 6 atom stereocenters. The van der Waals surface area contributed by atoms with Crippen molar-refractivity contribution >= 4 is 24.1 Å². The van der Waals surface area contributed by atoms with Crippen LogP contribution in [-0.4, -0.2) is 81.9 Å². The summed E-state index contributed by atoms with van der Waals surface area (Å²) in [6, 6.07) is 5.76. The molecule has 0 aromatic heterocycles. The molecule has 1 amide bonds. The number of nitrogens with zero attached hydrogens (tertiary/aromatic N) is 4. The Labute approximate surface area is 205 Å². The highest BCUT2D eigenvalue weighted by atomic mass is 19.1. The number of carbonyl (C=O) groups excluding carboxylic acids is 2. The number of amidine groups is 1. The summed E-state index contributed by atoms with van der Waals surface area (Å²) >= 11 is 0. The molecule has 12 nitrogen and oxygen atoms in total. The van der Waals surface area contributed by atoms with Crippen molar-refractivity contribution in [2.24, 2.45) is 15.8 Å². The number of fused-ring (bicyclic) bond motifs is 1. The first-order valence-electron chi connectivity index (χ1n) is 11.2. The second kappa shape index (κ2) is 10.1. The van der Waals surface area contributed by atoms with E-state index >= 15 is 0 Å². The van der Waals surface area contributed by atoms with Crippen molar-refractivity contribution in [3.63, 3.8) is 0 Å². The lowest BCUT2D eigenvalue weighted by Gasteiger charge is -2.37. The Kier molecular flexibility index (Phi) is 7.14. The summed E-state index contributed by atoms with van der Waals surface area (Å²) in [5.74, 6) is -1.41. The number of nitriles is 1. The molecule has 0 aliphatic carbocycles. The zero-order valence-electron chi connectivity index (χ0n) is 19.2. The van der Waals surface area contributed by atoms with Gasteiger partial charge in [0.2, 0.25) is 11.5 Å². The van der Waals surface area contributed by atoms with Crippen molar-refractivity contribution in [2.75, 3.05) is 6.61 Å². The summed E-state index contributed by atoms with van der Waals surface area (Å²) in [5, 5.41) is 39.4. The van der Waals surface area contributed by atoms with Crippen LogP contribution in [0.4, 0.5) is 4.39 Å². The van der Waals surface area contributed by atoms with Crippen molar-refractivity contribution in [1.82, 2.24) is 10.3 Å². The number of halogens is 1. The maximum absolute atomic E-state index is 13.1. The average Bonchev–Trinajstić information content (AvgIpc) is 3.40. The van der Waals surface area contributed by atoms with E-state index in [1.807, 2.05) is 6.07 Å². The molecule has 3 aliphatic heterocycles. The molecule has 4 rings (SSSR count). The fourth-order valence-electron chi connectivity index (χ4n) is 4.39. The molecular formula is C23H25FN6O6. The van der Waals surface area contributed by atoms with Crippen LogP contribution in [0, 0.1) is 17.1 Å². The van der Waals surface area contributed by atoms with Gasteiger partial charge in [-0.05, 0) is 30.5 Å². The Morgan fingerprint density at radius 3 is 2.81 bits per heavy atom. The predicted octanol–water partition coefficient (Wildman–Crippen LogP) is -0.929. The van der Waals surface area contributed by atoms with Crippen molar-refractivity contribution in [3.05, 3.63) is 47.4 Å². The lowest BCUT2D eigenvalue weighted by atomic mass is 9.87. The van der Waals surface area contributed by atoms with Crippen LogP contribution in [0.5, 0.6) is 0 Å². The molecule has 5 N–H and O–H groups in total. The highest BCUT2D eigenvalue weighted by Gasteiger charge is 2.62. The van der Waals surface area contributed by atoms with Crippen molar-refractivity contribution < 1.29 is 33.7 Å². The third kappa shape index (κ3) is 4.71. The van der Waals surface area contributed by atoms with E-state index in [1.54, 1.807) is 6.08 Å². The van der Waals surface area contributed by atoms with E-state index < -0.39 is 53.7 Å². The third-order valence-electron chi connectivity index (χ3n) is 6.24. The van der Waals surface area contributed by atoms with Gasteiger partial charge in [0.15, 0.2) is 5.84 Å². The van der Waals surface area contributed by atoms with Gasteiger partial charge in [-0.3, -0.25) is 14.6 Å². The van der Waals surface area contributed by atoms with E-state index in [4.69, 9.17) is 15.2 Å². The number of hydrogen-bond acceptors (Lipinski definition) is 11. The summed E-state index contributed by atoms with van der Waals surface area (Å²) in [5.41, 5.74) is 5.14. The lowest BCUT2D eigenvalue weighted by Crippen LogP contribution is -2.56. The van der Waals surface area contributed by atoms with E-state index in [-0.39, 0.29) is 25.3 Å². The van der Waals surface area contributed by atoms with Gasteiger partial charge in [0, 0.05) is 6.92 Å². The van der Waals surface area contributed by atoms with E-state index in [0.717, 1.165) is 6.34 Å². The number of rotatable bonds is 6. The molecule has 1 saturated heterocycles. The fourth-order valence-corrected chi connectivity index (χ4v) is 4.39. The Hall–Kier alpha value is -3.70. The SMILES string of the molecule is CC(=O)OC[C@H]1O[C@@](C#N)(C2CC=C3C(NC(=O)[C@@H](N)Cc4ccc(F)cc4)=NC=NN32)[C@H](O)[C@@H]1O. The highest BCUT2D eigenvalue weighted by molar-refractivity contribution is 6.11. The van der Waals surface area contributed by atoms with Gasteiger partial charge in [0.25, 0.3) is 0 Å². The minimum Gasteiger partial charge on any atom is -0.463 e. The molecule has 3 heterocycles. The van der Waals surface area contributed by atoms with Crippen LogP contribution in [-0.2, 0) is 25.5 Å². The quantitative estimate of drug-likeness (QED) is 0.359. The molecule has 1 aromatic carbocycles. The number of ether oxygens (including phenoxy) is 2. The second-order valence-corrected chi connectivity index (χ2v) is 8.62. The molecule has 1 fully saturated rings. The number of esters is 1. The van der Waals surface area contributed by atoms with Crippen LogP contribution in [0.2, 0.25) is 0 Å². The molecule has 3 aliphatic rings. The van der Waals surface area contributed by atoms with Crippen molar-refractivity contribution in [3.8, 4) is 6.07 Å². The summed E-state index contributed by atoms with van der Waals surface area (Å²) in [6.45, 7) is 0.841. The highest BCUT2D eigenvalue weighted by Crippen LogP contribution is 2.42. The summed E-state index contributed by atoms with van der Waals surface area (Å²) in [4.78, 5) is 28.0. The van der Waals surface area contributed by atoms with Gasteiger partial charge in [0.05, 0.1) is 11.7 Å². The van der Waals surface area contributed by atoms with Gasteiger partial charge in [-0.1, -0.05) is 18.2 Å². The molecule has 0 bridgehead atoms. The zero-order chi connectivity index (χ0) is 26.0. The molecule has 190 valence electrons. The fraction of sp³-hybridized carbons (Fsp3) is 0.435. The van der Waals surface area contributed by atoms with Crippen molar-refractivity contribution in [1.29, 1.82) is 5.26 Å². The van der Waals surface area contributed by atoms with Gasteiger partial charge >= 0.3 is 5.97 Å². The van der Waals surface area contributed by atoms with Crippen LogP contribution in [0.25, 0.3) is 0 Å². The molecule has 36 heavy (non-hydrogen) atoms. The number of hydrazone groups is 1. The number of amides is 1. The Balaban J connectivity index is 1.45. The van der Waals surface area contributed by atoms with Gasteiger partial charge in [-0.2, -0.15) is 10.4 Å². The van der Waals surface area contributed by atoms with Gasteiger partial charge in [-0.15, -0.1) is 0 Å². The Bertz CT molecular complexity index is 1160. The molecule has 13 heteroatoms. The van der Waals surface area contributed by atoms with Crippen LogP contribution >= 0.6 is 0 Å². The number of benzene rings is 1. The van der Waals surface area contributed by atoms with Crippen molar-refractivity contribution in [2.45, 2.75) is 55.8 Å². The predicted molar refractivity (Wildman–Crippen MR) is 122 cm³/mol. The Morgan fingerprint density at radius 1 is 1.42 bits per heavy atom.